The van der Waals surface area contributed by atoms with E-state index in [0.717, 1.165) is 24.8 Å². The summed E-state index contributed by atoms with van der Waals surface area (Å²) in [5, 5.41) is 8.14. The van der Waals surface area contributed by atoms with Gasteiger partial charge in [0.2, 0.25) is 0 Å². The molecule has 1 aliphatic rings. The minimum atomic E-state index is 0.381. The highest BCUT2D eigenvalue weighted by molar-refractivity contribution is 5.27. The van der Waals surface area contributed by atoms with E-state index < -0.39 is 0 Å². The Hall–Kier alpha value is -0.870. The molecule has 1 unspecified atom stereocenters. The summed E-state index contributed by atoms with van der Waals surface area (Å²) in [5.41, 5.74) is 3.78. The number of nitrogens with zero attached hydrogens (tertiary/aromatic N) is 3. The minimum absolute atomic E-state index is 0.381. The fraction of sp³-hybridized carbons (Fsp3) is 0.800. The second-order valence-electron chi connectivity index (χ2n) is 5.74. The molecule has 0 saturated heterocycles. The summed E-state index contributed by atoms with van der Waals surface area (Å²) in [4.78, 5) is 2.59. The molecule has 1 aromatic heterocycles. The molecule has 2 rings (SSSR count). The number of hydrogen-bond donors (Lipinski definition) is 1. The smallest absolute Gasteiger partial charge is 0.0644 e. The van der Waals surface area contributed by atoms with Crippen molar-refractivity contribution in [1.29, 1.82) is 0 Å². The van der Waals surface area contributed by atoms with Crippen LogP contribution in [0, 0.1) is 13.8 Å². The van der Waals surface area contributed by atoms with Gasteiger partial charge in [0.25, 0.3) is 0 Å². The van der Waals surface area contributed by atoms with Crippen LogP contribution in [0.15, 0.2) is 0 Å². The third-order valence-corrected chi connectivity index (χ3v) is 4.32. The van der Waals surface area contributed by atoms with Crippen LogP contribution >= 0.6 is 0 Å². The highest BCUT2D eigenvalue weighted by Gasteiger charge is 2.27. The molecule has 1 heterocycles. The molecule has 0 amide bonds. The maximum atomic E-state index is 4.50. The van der Waals surface area contributed by atoms with Gasteiger partial charge in [-0.25, -0.2) is 0 Å². The third-order valence-electron chi connectivity index (χ3n) is 4.32. The second kappa shape index (κ2) is 6.06. The zero-order valence-electron chi connectivity index (χ0n) is 13.0. The van der Waals surface area contributed by atoms with Crippen molar-refractivity contribution in [2.45, 2.75) is 52.6 Å². The first kappa shape index (κ1) is 14.5. The average Bonchev–Trinajstić information content (AvgIpc) is 3.15. The fourth-order valence-corrected chi connectivity index (χ4v) is 2.98. The van der Waals surface area contributed by atoms with Gasteiger partial charge in [-0.2, -0.15) is 5.10 Å². The number of nitrogens with one attached hydrogen (secondary N) is 1. The predicted octanol–water partition coefficient (Wildman–Crippen LogP) is 2.17. The SMILES string of the molecule is CCN(CCNC(C)c1c(C)nn(C)c1C)C1CC1. The van der Waals surface area contributed by atoms with Crippen LogP contribution in [0.4, 0.5) is 0 Å². The van der Waals surface area contributed by atoms with Crippen LogP contribution in [0.3, 0.4) is 0 Å². The third kappa shape index (κ3) is 3.37. The molecule has 1 aromatic rings. The van der Waals surface area contributed by atoms with Crippen molar-refractivity contribution in [3.63, 3.8) is 0 Å². The molecule has 0 radical (unpaired) electrons. The predicted molar refractivity (Wildman–Crippen MR) is 79.4 cm³/mol. The zero-order chi connectivity index (χ0) is 14.0. The molecule has 19 heavy (non-hydrogen) atoms. The van der Waals surface area contributed by atoms with Gasteiger partial charge in [0, 0.05) is 43.5 Å². The summed E-state index contributed by atoms with van der Waals surface area (Å²) in [6.45, 7) is 12.1. The first-order valence-electron chi connectivity index (χ1n) is 7.52. The summed E-state index contributed by atoms with van der Waals surface area (Å²) < 4.78 is 1.98. The Morgan fingerprint density at radius 3 is 2.58 bits per heavy atom. The molecular weight excluding hydrogens is 236 g/mol. The van der Waals surface area contributed by atoms with Crippen molar-refractivity contribution in [2.24, 2.45) is 7.05 Å². The first-order valence-corrected chi connectivity index (χ1v) is 7.52. The lowest BCUT2D eigenvalue weighted by molar-refractivity contribution is 0.273. The highest BCUT2D eigenvalue weighted by atomic mass is 15.3. The number of likely N-dealkylation sites (N-methyl/N-ethyl adjacent to an activating group) is 1. The van der Waals surface area contributed by atoms with E-state index in [9.17, 15) is 0 Å². The quantitative estimate of drug-likeness (QED) is 0.819. The molecule has 1 N–H and O–H groups in total. The lowest BCUT2D eigenvalue weighted by atomic mass is 10.1. The molecule has 1 atom stereocenters. The molecule has 4 heteroatoms. The van der Waals surface area contributed by atoms with Crippen LogP contribution in [0.1, 0.15) is 49.7 Å². The van der Waals surface area contributed by atoms with Gasteiger partial charge in [-0.05, 0) is 40.2 Å². The van der Waals surface area contributed by atoms with E-state index >= 15 is 0 Å². The molecule has 1 aliphatic carbocycles. The highest BCUT2D eigenvalue weighted by Crippen LogP contribution is 2.26. The van der Waals surface area contributed by atoms with Gasteiger partial charge in [-0.15, -0.1) is 0 Å². The Morgan fingerprint density at radius 2 is 2.11 bits per heavy atom. The molecule has 0 spiro atoms. The number of aryl methyl sites for hydroxylation is 2. The Balaban J connectivity index is 1.85. The van der Waals surface area contributed by atoms with Gasteiger partial charge in [-0.3, -0.25) is 9.58 Å². The van der Waals surface area contributed by atoms with E-state index in [-0.39, 0.29) is 0 Å². The van der Waals surface area contributed by atoms with E-state index in [2.05, 4.69) is 43.0 Å². The Labute approximate surface area is 117 Å². The van der Waals surface area contributed by atoms with Crippen LogP contribution in [-0.4, -0.2) is 40.4 Å². The van der Waals surface area contributed by atoms with Crippen molar-refractivity contribution < 1.29 is 0 Å². The van der Waals surface area contributed by atoms with Gasteiger partial charge in [-0.1, -0.05) is 6.92 Å². The van der Waals surface area contributed by atoms with Crippen molar-refractivity contribution >= 4 is 0 Å². The van der Waals surface area contributed by atoms with Gasteiger partial charge >= 0.3 is 0 Å². The van der Waals surface area contributed by atoms with E-state index in [4.69, 9.17) is 0 Å². The topological polar surface area (TPSA) is 33.1 Å². The lowest BCUT2D eigenvalue weighted by Crippen LogP contribution is -2.34. The Kier molecular flexibility index (Phi) is 4.63. The van der Waals surface area contributed by atoms with E-state index in [1.165, 1.54) is 30.6 Å². The fourth-order valence-electron chi connectivity index (χ4n) is 2.98. The second-order valence-corrected chi connectivity index (χ2v) is 5.74. The summed E-state index contributed by atoms with van der Waals surface area (Å²) in [5.74, 6) is 0. The molecule has 0 bridgehead atoms. The maximum Gasteiger partial charge on any atom is 0.0644 e. The van der Waals surface area contributed by atoms with Crippen LogP contribution < -0.4 is 5.32 Å². The molecule has 4 nitrogen and oxygen atoms in total. The summed E-state index contributed by atoms with van der Waals surface area (Å²) in [6, 6.07) is 1.25. The normalized spacial score (nSPS) is 17.2. The molecule has 0 aliphatic heterocycles. The van der Waals surface area contributed by atoms with Gasteiger partial charge in [0.1, 0.15) is 0 Å². The number of hydrogen-bond acceptors (Lipinski definition) is 3. The lowest BCUT2D eigenvalue weighted by Gasteiger charge is -2.22. The maximum absolute atomic E-state index is 4.50. The van der Waals surface area contributed by atoms with E-state index in [1.807, 2.05) is 11.7 Å². The van der Waals surface area contributed by atoms with Crippen molar-refractivity contribution in [3.05, 3.63) is 17.0 Å². The van der Waals surface area contributed by atoms with Crippen LogP contribution in [-0.2, 0) is 7.05 Å². The molecule has 0 aromatic carbocycles. The van der Waals surface area contributed by atoms with Crippen LogP contribution in [0.2, 0.25) is 0 Å². The first-order chi connectivity index (χ1) is 9.04. The molecule has 1 fully saturated rings. The Bertz CT molecular complexity index is 420. The largest absolute Gasteiger partial charge is 0.309 e. The monoisotopic (exact) mass is 264 g/mol. The van der Waals surface area contributed by atoms with Gasteiger partial charge in [0.15, 0.2) is 0 Å². The van der Waals surface area contributed by atoms with Crippen LogP contribution in [0.5, 0.6) is 0 Å². The molecule has 1 saturated carbocycles. The van der Waals surface area contributed by atoms with Crippen molar-refractivity contribution in [1.82, 2.24) is 20.0 Å². The van der Waals surface area contributed by atoms with Crippen molar-refractivity contribution in [2.75, 3.05) is 19.6 Å². The standard InChI is InChI=1S/C15H28N4/c1-6-19(14-7-8-14)10-9-16-11(2)15-12(3)17-18(5)13(15)4/h11,14,16H,6-10H2,1-5H3. The number of rotatable bonds is 7. The minimum Gasteiger partial charge on any atom is -0.309 e. The summed E-state index contributed by atoms with van der Waals surface area (Å²) in [7, 11) is 2.02. The Morgan fingerprint density at radius 1 is 1.42 bits per heavy atom. The van der Waals surface area contributed by atoms with Crippen molar-refractivity contribution in [3.8, 4) is 0 Å². The zero-order valence-corrected chi connectivity index (χ0v) is 13.0. The van der Waals surface area contributed by atoms with E-state index in [0.29, 0.717) is 6.04 Å². The van der Waals surface area contributed by atoms with Gasteiger partial charge < -0.3 is 5.32 Å². The number of aromatic nitrogens is 2. The van der Waals surface area contributed by atoms with Gasteiger partial charge in [0.05, 0.1) is 5.69 Å². The average molecular weight is 264 g/mol. The summed E-state index contributed by atoms with van der Waals surface area (Å²) >= 11 is 0. The molecular formula is C15H28N4. The molecule has 108 valence electrons. The van der Waals surface area contributed by atoms with Crippen LogP contribution in [0.25, 0.3) is 0 Å². The summed E-state index contributed by atoms with van der Waals surface area (Å²) in [6.07, 6.45) is 2.79. The van der Waals surface area contributed by atoms with E-state index in [1.54, 1.807) is 0 Å².